The number of nitrogen functional groups attached to an aromatic ring is 2. The minimum Gasteiger partial charge on any atom is -0.384 e. The lowest BCUT2D eigenvalue weighted by Gasteiger charge is -2.32. The largest absolute Gasteiger partial charge is 0.384 e. The number of nitrogens with one attached hydrogen (secondary N) is 4. The second kappa shape index (κ2) is 7.13. The third-order valence-corrected chi connectivity index (χ3v) is 8.34. The zero-order valence-electron chi connectivity index (χ0n) is 18.6. The van der Waals surface area contributed by atoms with Crippen LogP contribution in [0.1, 0.15) is 46.9 Å². The third-order valence-electron chi connectivity index (χ3n) is 7.11. The minimum absolute atomic E-state index is 0.0347. The highest BCUT2D eigenvalue weighted by Gasteiger charge is 2.37. The van der Waals surface area contributed by atoms with Crippen LogP contribution in [-0.2, 0) is 0 Å². The molecule has 3 aliphatic carbocycles. The molecule has 0 fully saturated rings. The molecule has 3 aromatic heterocycles. The molecule has 2 atom stereocenters. The van der Waals surface area contributed by atoms with Gasteiger partial charge in [0.05, 0.1) is 31.8 Å². The van der Waals surface area contributed by atoms with E-state index in [1.807, 2.05) is 36.4 Å². The van der Waals surface area contributed by atoms with E-state index in [0.29, 0.717) is 23.0 Å². The molecule has 172 valence electrons. The number of nitrogens with two attached hydrogens (primary N) is 2. The molecule has 5 aromatic rings. The van der Waals surface area contributed by atoms with Crippen LogP contribution in [0.25, 0.3) is 43.5 Å². The smallest absolute Gasteiger partial charge is 0.148 e. The van der Waals surface area contributed by atoms with Gasteiger partial charge in [-0.1, -0.05) is 12.2 Å². The fourth-order valence-corrected chi connectivity index (χ4v) is 6.74. The van der Waals surface area contributed by atoms with Crippen molar-refractivity contribution < 1.29 is 0 Å². The van der Waals surface area contributed by atoms with Gasteiger partial charge in [0, 0.05) is 23.0 Å². The van der Waals surface area contributed by atoms with Gasteiger partial charge < -0.3 is 21.4 Å². The lowest BCUT2D eigenvalue weighted by molar-refractivity contribution is 0.558. The van der Waals surface area contributed by atoms with Crippen LogP contribution in [0.4, 0.5) is 0 Å². The number of fused-ring (bicyclic) bond motifs is 3. The topological polar surface area (TPSA) is 157 Å². The van der Waals surface area contributed by atoms with E-state index >= 15 is 0 Å². The van der Waals surface area contributed by atoms with Gasteiger partial charge in [0.15, 0.2) is 0 Å². The molecule has 35 heavy (non-hydrogen) atoms. The van der Waals surface area contributed by atoms with Gasteiger partial charge in [0.1, 0.15) is 23.3 Å². The second-order valence-corrected chi connectivity index (χ2v) is 10.2. The van der Waals surface area contributed by atoms with Crippen molar-refractivity contribution >= 4 is 45.1 Å². The van der Waals surface area contributed by atoms with Crippen LogP contribution in [0, 0.1) is 10.8 Å². The maximum Gasteiger partial charge on any atom is 0.148 e. The van der Waals surface area contributed by atoms with Crippen molar-refractivity contribution in [2.24, 2.45) is 11.5 Å². The zero-order chi connectivity index (χ0) is 23.8. The van der Waals surface area contributed by atoms with E-state index in [0.717, 1.165) is 56.3 Å². The van der Waals surface area contributed by atoms with Crippen LogP contribution in [0.5, 0.6) is 0 Å². The van der Waals surface area contributed by atoms with E-state index in [9.17, 15) is 0 Å². The van der Waals surface area contributed by atoms with Crippen molar-refractivity contribution in [1.29, 1.82) is 10.8 Å². The molecular weight excluding hydrogens is 456 g/mol. The maximum atomic E-state index is 7.75. The lowest BCUT2D eigenvalue weighted by Crippen LogP contribution is -2.16. The van der Waals surface area contributed by atoms with E-state index in [1.165, 1.54) is 11.1 Å². The Bertz CT molecular complexity index is 1610. The number of nitrogens with zero attached hydrogens (tertiary/aromatic N) is 2. The highest BCUT2D eigenvalue weighted by molar-refractivity contribution is 7.19. The molecule has 8 rings (SSSR count). The summed E-state index contributed by atoms with van der Waals surface area (Å²) in [6.45, 7) is 0. The summed E-state index contributed by atoms with van der Waals surface area (Å²) < 4.78 is 0. The molecule has 3 aliphatic rings. The number of hydrogen-bond acceptors (Lipinski definition) is 5. The Balaban J connectivity index is 1.42. The minimum atomic E-state index is 0.0347. The predicted octanol–water partition coefficient (Wildman–Crippen LogP) is 4.93. The Morgan fingerprint density at radius 1 is 0.771 bits per heavy atom. The molecule has 0 saturated heterocycles. The summed E-state index contributed by atoms with van der Waals surface area (Å²) in [5, 5.41) is 15.5. The Labute approximate surface area is 204 Å². The van der Waals surface area contributed by atoms with E-state index in [1.54, 1.807) is 11.3 Å². The van der Waals surface area contributed by atoms with Gasteiger partial charge in [-0.15, -0.1) is 11.3 Å². The number of thiophene rings is 1. The summed E-state index contributed by atoms with van der Waals surface area (Å²) in [6, 6.07) is 11.3. The average molecular weight is 479 g/mol. The van der Waals surface area contributed by atoms with Gasteiger partial charge in [-0.2, -0.15) is 0 Å². The van der Waals surface area contributed by atoms with E-state index in [-0.39, 0.29) is 11.7 Å². The Hall–Kier alpha value is -4.24. The SMILES string of the molecule is N=C(N)c1ccc2[nH]c(-c3sc(-c4nc5cc(C(=N)N)ccc5[nH]4)c4c3C3C=CC4CC3)nc2c1. The molecule has 9 heteroatoms. The van der Waals surface area contributed by atoms with Crippen molar-refractivity contribution in [3.8, 4) is 21.4 Å². The Kier molecular flexibility index (Phi) is 4.11. The highest BCUT2D eigenvalue weighted by atomic mass is 32.1. The maximum absolute atomic E-state index is 7.75. The van der Waals surface area contributed by atoms with Crippen molar-refractivity contribution in [1.82, 2.24) is 19.9 Å². The van der Waals surface area contributed by atoms with Gasteiger partial charge in [-0.25, -0.2) is 9.97 Å². The average Bonchev–Trinajstić information content (AvgIpc) is 3.58. The van der Waals surface area contributed by atoms with Crippen LogP contribution in [0.15, 0.2) is 48.6 Å². The molecule has 2 aromatic carbocycles. The molecule has 8 N–H and O–H groups in total. The first-order valence-electron chi connectivity index (χ1n) is 11.5. The fraction of sp³-hybridized carbons (Fsp3) is 0.154. The molecule has 0 spiro atoms. The molecule has 0 radical (unpaired) electrons. The van der Waals surface area contributed by atoms with Gasteiger partial charge in [-0.05, 0) is 60.4 Å². The van der Waals surface area contributed by atoms with E-state index < -0.39 is 0 Å². The number of imidazole rings is 2. The number of hydrogen-bond donors (Lipinski definition) is 6. The highest BCUT2D eigenvalue weighted by Crippen LogP contribution is 2.55. The first-order chi connectivity index (χ1) is 17.0. The summed E-state index contributed by atoms with van der Waals surface area (Å²) in [7, 11) is 0. The molecule has 2 unspecified atom stereocenters. The molecular formula is C26H22N8S. The van der Waals surface area contributed by atoms with Crippen LogP contribution >= 0.6 is 11.3 Å². The van der Waals surface area contributed by atoms with E-state index in [2.05, 4.69) is 22.1 Å². The van der Waals surface area contributed by atoms with Gasteiger partial charge in [0.2, 0.25) is 0 Å². The number of rotatable bonds is 4. The van der Waals surface area contributed by atoms with E-state index in [4.69, 9.17) is 32.3 Å². The van der Waals surface area contributed by atoms with Crippen LogP contribution in [0.2, 0.25) is 0 Å². The van der Waals surface area contributed by atoms with Gasteiger partial charge in [-0.3, -0.25) is 10.8 Å². The summed E-state index contributed by atoms with van der Waals surface area (Å²) in [5.41, 5.74) is 18.8. The summed E-state index contributed by atoms with van der Waals surface area (Å²) in [6.07, 6.45) is 6.94. The Morgan fingerprint density at radius 2 is 1.23 bits per heavy atom. The summed E-state index contributed by atoms with van der Waals surface area (Å²) in [5.74, 6) is 2.47. The van der Waals surface area contributed by atoms with Gasteiger partial charge in [0.25, 0.3) is 0 Å². The third kappa shape index (κ3) is 2.98. The van der Waals surface area contributed by atoms with Crippen molar-refractivity contribution in [2.45, 2.75) is 24.7 Å². The number of benzene rings is 2. The molecule has 3 heterocycles. The number of aromatic amines is 2. The van der Waals surface area contributed by atoms with Crippen LogP contribution in [0.3, 0.4) is 0 Å². The first-order valence-corrected chi connectivity index (χ1v) is 12.3. The molecule has 8 nitrogen and oxygen atoms in total. The standard InChI is InChI=1S/C26H22N8S/c27-23(28)13-5-7-15-17(9-13)33-25(31-15)21-19-11-1-2-12(4-3-11)20(19)22(35-21)26-32-16-8-6-14(24(29)30)10-18(16)34-26/h1-2,5-12H,3-4H2,(H3,27,28)(H3,29,30)(H,31,33)(H,32,34). The lowest BCUT2D eigenvalue weighted by atomic mass is 9.71. The number of aromatic nitrogens is 4. The predicted molar refractivity (Wildman–Crippen MR) is 140 cm³/mol. The molecule has 0 aliphatic heterocycles. The van der Waals surface area contributed by atoms with Crippen LogP contribution < -0.4 is 11.5 Å². The number of H-pyrrole nitrogens is 2. The number of amidine groups is 2. The first kappa shape index (κ1) is 20.2. The monoisotopic (exact) mass is 478 g/mol. The summed E-state index contributed by atoms with van der Waals surface area (Å²) >= 11 is 1.72. The second-order valence-electron chi connectivity index (χ2n) is 9.22. The number of allylic oxidation sites excluding steroid dienone is 2. The molecule has 0 saturated carbocycles. The summed E-state index contributed by atoms with van der Waals surface area (Å²) in [4.78, 5) is 19.1. The van der Waals surface area contributed by atoms with Crippen molar-refractivity contribution in [3.63, 3.8) is 0 Å². The van der Waals surface area contributed by atoms with Crippen molar-refractivity contribution in [2.75, 3.05) is 0 Å². The molecule has 0 amide bonds. The van der Waals surface area contributed by atoms with Crippen LogP contribution in [-0.4, -0.2) is 31.6 Å². The van der Waals surface area contributed by atoms with Crippen molar-refractivity contribution in [3.05, 3.63) is 70.8 Å². The normalized spacial score (nSPS) is 18.4. The Morgan fingerprint density at radius 3 is 1.63 bits per heavy atom. The molecule has 2 bridgehead atoms. The fourth-order valence-electron chi connectivity index (χ4n) is 5.41. The van der Waals surface area contributed by atoms with Gasteiger partial charge >= 0.3 is 0 Å². The zero-order valence-corrected chi connectivity index (χ0v) is 19.5. The quantitative estimate of drug-likeness (QED) is 0.123.